The summed E-state index contributed by atoms with van der Waals surface area (Å²) in [6, 6.07) is 15.2. The Morgan fingerprint density at radius 2 is 1.88 bits per heavy atom. The number of nitrogens with one attached hydrogen (secondary N) is 1. The molecule has 0 atom stereocenters. The molecule has 1 fully saturated rings. The van der Waals surface area contributed by atoms with Gasteiger partial charge in [0.25, 0.3) is 10.0 Å². The van der Waals surface area contributed by atoms with Gasteiger partial charge in [0, 0.05) is 37.0 Å². The number of hydrogen-bond acceptors (Lipinski definition) is 7. The summed E-state index contributed by atoms with van der Waals surface area (Å²) >= 11 is 0. The molecule has 0 unspecified atom stereocenters. The third-order valence-corrected chi connectivity index (χ3v) is 9.16. The molecule has 1 aliphatic heterocycles. The van der Waals surface area contributed by atoms with Gasteiger partial charge in [-0.05, 0) is 69.3 Å². The quantitative estimate of drug-likeness (QED) is 0.184. The minimum atomic E-state index is -3.91. The number of rotatable bonds is 9. The maximum atomic E-state index is 13.2. The molecule has 4 aromatic rings. The van der Waals surface area contributed by atoms with Crippen LogP contribution in [0.25, 0.3) is 22.0 Å². The van der Waals surface area contributed by atoms with Crippen molar-refractivity contribution in [1.82, 2.24) is 9.88 Å². The van der Waals surface area contributed by atoms with Crippen molar-refractivity contribution in [2.75, 3.05) is 43.9 Å². The van der Waals surface area contributed by atoms with Crippen LogP contribution in [0.3, 0.4) is 0 Å². The Hall–Kier alpha value is -4.22. The largest absolute Gasteiger partial charge is 0.618 e. The minimum Gasteiger partial charge on any atom is -0.618 e. The Bertz CT molecular complexity index is 1770. The average molecular weight is 574 g/mol. The first-order chi connectivity index (χ1) is 19.6. The van der Waals surface area contributed by atoms with Crippen molar-refractivity contribution < 1.29 is 22.7 Å². The fourth-order valence-corrected chi connectivity index (χ4v) is 6.59. The van der Waals surface area contributed by atoms with Gasteiger partial charge in [0.05, 0.1) is 22.3 Å². The zero-order chi connectivity index (χ0) is 28.9. The van der Waals surface area contributed by atoms with Crippen LogP contribution in [0.15, 0.2) is 71.9 Å². The number of anilines is 2. The smallest absolute Gasteiger partial charge is 0.262 e. The average Bonchev–Trinajstić information content (AvgIpc) is 3.73. The topological polar surface area (TPSA) is 119 Å². The first kappa shape index (κ1) is 27.0. The Morgan fingerprint density at radius 1 is 1.12 bits per heavy atom. The van der Waals surface area contributed by atoms with Gasteiger partial charge in [-0.2, -0.15) is 4.73 Å². The number of fused-ring (bicyclic) bond motifs is 4. The molecule has 212 valence electrons. The van der Waals surface area contributed by atoms with Crippen molar-refractivity contribution >= 4 is 38.2 Å². The van der Waals surface area contributed by atoms with Crippen molar-refractivity contribution in [2.24, 2.45) is 0 Å². The molecule has 41 heavy (non-hydrogen) atoms. The standard InChI is InChI=1S/C30H31N5O5S/c1-33(2)14-7-15-40-28-24(32-41(38,39)22-8-5-4-6-9-22)17-21(18-31-28)20-10-11-25-23(16-20)27-26(19-35(25)37)34(3)29(36)30(27)12-13-30/h4-6,8-11,16-19,32H,7,12-15H2,1-3H3. The van der Waals surface area contributed by atoms with Crippen molar-refractivity contribution in [2.45, 2.75) is 29.6 Å². The summed E-state index contributed by atoms with van der Waals surface area (Å²) in [4.78, 5) is 21.3. The molecule has 0 bridgehead atoms. The third-order valence-electron chi connectivity index (χ3n) is 7.77. The molecule has 1 amide bonds. The SMILES string of the molecule is CN(C)CCCOc1ncc(-c2ccc3c(c2)c2c(c[n+]3[O-])N(C)C(=O)C23CC3)cc1NS(=O)(=O)c1ccccc1. The highest BCUT2D eigenvalue weighted by Crippen LogP contribution is 2.58. The van der Waals surface area contributed by atoms with Crippen molar-refractivity contribution in [3.63, 3.8) is 0 Å². The summed E-state index contributed by atoms with van der Waals surface area (Å²) in [5.41, 5.74) is 2.98. The van der Waals surface area contributed by atoms with Gasteiger partial charge in [-0.1, -0.05) is 18.2 Å². The predicted octanol–water partition coefficient (Wildman–Crippen LogP) is 3.67. The molecule has 2 aromatic heterocycles. The highest BCUT2D eigenvalue weighted by molar-refractivity contribution is 7.92. The van der Waals surface area contributed by atoms with E-state index in [1.54, 1.807) is 54.5 Å². The number of hydrogen-bond donors (Lipinski definition) is 1. The van der Waals surface area contributed by atoms with Gasteiger partial charge in [-0.3, -0.25) is 9.52 Å². The first-order valence-corrected chi connectivity index (χ1v) is 14.9. The number of nitrogens with zero attached hydrogens (tertiary/aromatic N) is 4. The molecule has 1 spiro atoms. The molecule has 2 aliphatic rings. The summed E-state index contributed by atoms with van der Waals surface area (Å²) in [6.07, 6.45) is 5.34. The van der Waals surface area contributed by atoms with Crippen LogP contribution in [-0.4, -0.2) is 58.5 Å². The van der Waals surface area contributed by atoms with Crippen molar-refractivity contribution in [3.05, 3.63) is 77.8 Å². The zero-order valence-electron chi connectivity index (χ0n) is 23.1. The van der Waals surface area contributed by atoms with Crippen LogP contribution < -0.4 is 19.1 Å². The molecule has 3 heterocycles. The lowest BCUT2D eigenvalue weighted by molar-refractivity contribution is -0.576. The maximum absolute atomic E-state index is 13.2. The number of sulfonamides is 1. The second kappa shape index (κ2) is 10.0. The summed E-state index contributed by atoms with van der Waals surface area (Å²) in [5, 5.41) is 13.6. The van der Waals surface area contributed by atoms with Gasteiger partial charge < -0.3 is 19.7 Å². The van der Waals surface area contributed by atoms with Crippen molar-refractivity contribution in [3.8, 4) is 17.0 Å². The van der Waals surface area contributed by atoms with Crippen LogP contribution in [0.4, 0.5) is 11.4 Å². The lowest BCUT2D eigenvalue weighted by Crippen LogP contribution is -2.29. The highest BCUT2D eigenvalue weighted by atomic mass is 32.2. The van der Waals surface area contributed by atoms with E-state index in [-0.39, 0.29) is 22.4 Å². The number of carbonyl (C=O) groups is 1. The number of ether oxygens (including phenoxy) is 1. The van der Waals surface area contributed by atoms with E-state index in [1.807, 2.05) is 25.1 Å². The number of carbonyl (C=O) groups excluding carboxylic acids is 1. The first-order valence-electron chi connectivity index (χ1n) is 13.5. The van der Waals surface area contributed by atoms with E-state index in [1.165, 1.54) is 18.3 Å². The summed E-state index contributed by atoms with van der Waals surface area (Å²) in [7, 11) is 1.73. The monoisotopic (exact) mass is 573 g/mol. The summed E-state index contributed by atoms with van der Waals surface area (Å²) < 4.78 is 35.8. The molecule has 1 saturated carbocycles. The zero-order valence-corrected chi connectivity index (χ0v) is 23.9. The van der Waals surface area contributed by atoms with Gasteiger partial charge in [-0.15, -0.1) is 0 Å². The molecular formula is C30H31N5O5S. The Kier molecular flexibility index (Phi) is 6.58. The van der Waals surface area contributed by atoms with Crippen LogP contribution >= 0.6 is 0 Å². The highest BCUT2D eigenvalue weighted by Gasteiger charge is 2.60. The minimum absolute atomic E-state index is 0.0143. The molecule has 0 saturated heterocycles. The molecule has 10 nitrogen and oxygen atoms in total. The molecule has 1 N–H and O–H groups in total. The third kappa shape index (κ3) is 4.74. The summed E-state index contributed by atoms with van der Waals surface area (Å²) in [6.45, 7) is 1.17. The van der Waals surface area contributed by atoms with Gasteiger partial charge in [0.2, 0.25) is 23.5 Å². The van der Waals surface area contributed by atoms with E-state index in [0.29, 0.717) is 28.8 Å². The van der Waals surface area contributed by atoms with Crippen LogP contribution in [-0.2, 0) is 20.2 Å². The molecule has 2 aromatic carbocycles. The number of pyridine rings is 2. The normalized spacial score (nSPS) is 15.5. The maximum Gasteiger partial charge on any atom is 0.262 e. The van der Waals surface area contributed by atoms with Crippen LogP contribution in [0.2, 0.25) is 0 Å². The fraction of sp³-hybridized carbons (Fsp3) is 0.300. The molecule has 6 rings (SSSR count). The number of benzene rings is 2. The molecule has 0 radical (unpaired) electrons. The fourth-order valence-electron chi connectivity index (χ4n) is 5.53. The Labute approximate surface area is 238 Å². The Morgan fingerprint density at radius 3 is 2.59 bits per heavy atom. The van der Waals surface area contributed by atoms with Gasteiger partial charge in [0.15, 0.2) is 0 Å². The number of aromatic nitrogens is 2. The molecule has 1 aliphatic carbocycles. The predicted molar refractivity (Wildman–Crippen MR) is 156 cm³/mol. The van der Waals surface area contributed by atoms with Gasteiger partial charge in [0.1, 0.15) is 11.4 Å². The van der Waals surface area contributed by atoms with Crippen LogP contribution in [0, 0.1) is 5.21 Å². The number of amides is 1. The van der Waals surface area contributed by atoms with E-state index in [0.717, 1.165) is 41.7 Å². The number of likely N-dealkylation sites (N-methyl/N-ethyl adjacent to an activating group) is 1. The van der Waals surface area contributed by atoms with Crippen LogP contribution in [0.1, 0.15) is 24.8 Å². The van der Waals surface area contributed by atoms with E-state index >= 15 is 0 Å². The Balaban J connectivity index is 1.42. The molecular weight excluding hydrogens is 542 g/mol. The van der Waals surface area contributed by atoms with E-state index in [4.69, 9.17) is 4.74 Å². The molecule has 11 heteroatoms. The van der Waals surface area contributed by atoms with Gasteiger partial charge in [-0.25, -0.2) is 13.4 Å². The summed E-state index contributed by atoms with van der Waals surface area (Å²) in [5.74, 6) is 0.190. The second-order valence-corrected chi connectivity index (χ2v) is 12.6. The lowest BCUT2D eigenvalue weighted by Gasteiger charge is -2.16. The van der Waals surface area contributed by atoms with E-state index < -0.39 is 15.4 Å². The van der Waals surface area contributed by atoms with E-state index in [9.17, 15) is 18.4 Å². The van der Waals surface area contributed by atoms with Crippen LogP contribution in [0.5, 0.6) is 5.88 Å². The van der Waals surface area contributed by atoms with Gasteiger partial charge >= 0.3 is 0 Å². The second-order valence-electron chi connectivity index (χ2n) is 10.9. The lowest BCUT2D eigenvalue weighted by atomic mass is 9.92. The van der Waals surface area contributed by atoms with E-state index in [2.05, 4.69) is 9.71 Å². The van der Waals surface area contributed by atoms with Crippen molar-refractivity contribution in [1.29, 1.82) is 0 Å².